The molecule has 11 N–H and O–H groups in total. The molecule has 4 heterocycles. The van der Waals surface area contributed by atoms with Crippen LogP contribution in [-0.2, 0) is 23.7 Å². The number of phenolic OH excluding ortho intramolecular Hbond substituents is 3. The van der Waals surface area contributed by atoms with Crippen molar-refractivity contribution in [2.24, 2.45) is 0 Å². The van der Waals surface area contributed by atoms with E-state index in [1.807, 2.05) is 0 Å². The van der Waals surface area contributed by atoms with Crippen LogP contribution in [0.5, 0.6) is 28.7 Å². The van der Waals surface area contributed by atoms with Gasteiger partial charge >= 0.3 is 0 Å². The molecule has 0 saturated carbocycles. The molecule has 6 rings (SSSR count). The summed E-state index contributed by atoms with van der Waals surface area (Å²) in [5, 5.41) is 115. The van der Waals surface area contributed by atoms with Crippen molar-refractivity contribution in [2.45, 2.75) is 106 Å². The van der Waals surface area contributed by atoms with Crippen molar-refractivity contribution < 1.29 is 93.7 Å². The lowest BCUT2D eigenvalue weighted by molar-refractivity contribution is -0.360. The molecule has 0 spiro atoms. The first-order chi connectivity index (χ1) is 25.5. The van der Waals surface area contributed by atoms with Gasteiger partial charge in [0, 0.05) is 17.7 Å². The van der Waals surface area contributed by atoms with E-state index in [-0.39, 0.29) is 28.4 Å². The zero-order valence-electron chi connectivity index (χ0n) is 28.8. The second kappa shape index (κ2) is 15.7. The van der Waals surface area contributed by atoms with E-state index >= 15 is 0 Å². The fourth-order valence-corrected chi connectivity index (χ4v) is 6.40. The van der Waals surface area contributed by atoms with Crippen LogP contribution in [0.2, 0.25) is 0 Å². The third kappa shape index (κ3) is 7.41. The van der Waals surface area contributed by atoms with Crippen LogP contribution in [0, 0.1) is 0 Å². The van der Waals surface area contributed by atoms with Gasteiger partial charge in [0.05, 0.1) is 25.9 Å². The van der Waals surface area contributed by atoms with Crippen LogP contribution in [0.15, 0.2) is 39.5 Å². The van der Waals surface area contributed by atoms with Gasteiger partial charge in [0.25, 0.3) is 0 Å². The van der Waals surface area contributed by atoms with Gasteiger partial charge in [-0.05, 0) is 32.0 Å². The molecule has 0 unspecified atom stereocenters. The molecular formula is C34H42O20. The van der Waals surface area contributed by atoms with Crippen LogP contribution in [0.25, 0.3) is 22.3 Å². The van der Waals surface area contributed by atoms with Crippen LogP contribution in [0.4, 0.5) is 0 Å². The lowest BCUT2D eigenvalue weighted by Crippen LogP contribution is -2.65. The molecule has 3 fully saturated rings. The maximum absolute atomic E-state index is 14.2. The Morgan fingerprint density at radius 2 is 1.31 bits per heavy atom. The highest BCUT2D eigenvalue weighted by atomic mass is 16.8. The van der Waals surface area contributed by atoms with Crippen molar-refractivity contribution in [1.29, 1.82) is 0 Å². The number of benzene rings is 2. The molecule has 0 bridgehead atoms. The van der Waals surface area contributed by atoms with Crippen molar-refractivity contribution in [2.75, 3.05) is 13.7 Å². The first kappa shape index (κ1) is 39.8. The monoisotopic (exact) mass is 770 g/mol. The zero-order chi connectivity index (χ0) is 39.3. The molecule has 3 aromatic rings. The summed E-state index contributed by atoms with van der Waals surface area (Å²) in [6.45, 7) is 2.09. The third-order valence-electron chi connectivity index (χ3n) is 9.57. The smallest absolute Gasteiger partial charge is 0.239 e. The number of aromatic hydroxyl groups is 3. The Hall–Kier alpha value is -3.87. The van der Waals surface area contributed by atoms with Gasteiger partial charge in [-0.25, -0.2) is 0 Å². The summed E-state index contributed by atoms with van der Waals surface area (Å²) in [6.07, 6.45) is -24.9. The van der Waals surface area contributed by atoms with Crippen molar-refractivity contribution in [3.05, 3.63) is 40.6 Å². The van der Waals surface area contributed by atoms with Crippen LogP contribution in [0.1, 0.15) is 13.8 Å². The normalized spacial score (nSPS) is 37.3. The van der Waals surface area contributed by atoms with Crippen LogP contribution in [-0.4, -0.2) is 162 Å². The van der Waals surface area contributed by atoms with Crippen molar-refractivity contribution in [1.82, 2.24) is 0 Å². The standard InChI is InChI=1S/C34H42O20/c1-10-20(38)24(42)27(45)32(49-10)48-9-18-22(40)26(44)31(54-33-28(46)25(43)21(39)11(2)50-33)34(52-18)53-30-23(41)19-15(37)7-13(35)8-17(19)51-29(30)12-4-5-14(36)16(6-12)47-3/h4-8,10-11,18,20-22,24-28,31-40,42-46H,9H2,1-3H3/t10-,11+,18-,20-,21-,22-,24-,25+,26+,27-,28+,31-,32-,33+,34+/m0/s1. The van der Waals surface area contributed by atoms with Gasteiger partial charge in [-0.15, -0.1) is 0 Å². The minimum Gasteiger partial charge on any atom is -0.508 e. The number of methoxy groups -OCH3 is 1. The van der Waals surface area contributed by atoms with Crippen LogP contribution in [0.3, 0.4) is 0 Å². The van der Waals surface area contributed by atoms with Crippen LogP contribution >= 0.6 is 0 Å². The Morgan fingerprint density at radius 1 is 0.685 bits per heavy atom. The maximum atomic E-state index is 14.2. The van der Waals surface area contributed by atoms with Gasteiger partial charge in [-0.1, -0.05) is 0 Å². The fourth-order valence-electron chi connectivity index (χ4n) is 6.40. The van der Waals surface area contributed by atoms with Gasteiger partial charge in [0.1, 0.15) is 77.4 Å². The SMILES string of the molecule is COc1cc(-c2oc3cc(O)cc(O)c3c(=O)c2O[C@H]2O[C@@H](CO[C@H]3O[C@@H](C)[C@H](O)[C@H](O)[C@@H]3O)[C@H](O)[C@@H](O)[C@@H]2O[C@H]2O[C@H](C)[C@H](O)[C@@H](O)[C@H]2O)ccc1O. The van der Waals surface area contributed by atoms with E-state index < -0.39 is 127 Å². The Kier molecular flexibility index (Phi) is 11.6. The highest BCUT2D eigenvalue weighted by Gasteiger charge is 2.52. The topological polar surface area (TPSA) is 317 Å². The minimum atomic E-state index is -2.02. The summed E-state index contributed by atoms with van der Waals surface area (Å²) in [5.74, 6) is -2.63. The van der Waals surface area contributed by atoms with Crippen molar-refractivity contribution in [3.63, 3.8) is 0 Å². The summed E-state index contributed by atoms with van der Waals surface area (Å²) >= 11 is 0. The average molecular weight is 771 g/mol. The summed E-state index contributed by atoms with van der Waals surface area (Å²) in [6, 6.07) is 5.69. The van der Waals surface area contributed by atoms with Gasteiger partial charge < -0.3 is 93.7 Å². The largest absolute Gasteiger partial charge is 0.508 e. The number of hydrogen-bond acceptors (Lipinski definition) is 20. The van der Waals surface area contributed by atoms with Crippen LogP contribution < -0.4 is 14.9 Å². The van der Waals surface area contributed by atoms with Gasteiger partial charge in [0.15, 0.2) is 35.9 Å². The van der Waals surface area contributed by atoms with E-state index in [0.29, 0.717) is 0 Å². The number of ether oxygens (including phenoxy) is 7. The van der Waals surface area contributed by atoms with E-state index in [4.69, 9.17) is 37.6 Å². The molecule has 0 radical (unpaired) electrons. The molecule has 3 saturated heterocycles. The third-order valence-corrected chi connectivity index (χ3v) is 9.57. The number of aliphatic hydroxyl groups is 8. The van der Waals surface area contributed by atoms with Gasteiger partial charge in [0.2, 0.25) is 17.5 Å². The molecule has 20 heteroatoms. The number of fused-ring (bicyclic) bond motifs is 1. The summed E-state index contributed by atoms with van der Waals surface area (Å²) in [7, 11) is 1.26. The van der Waals surface area contributed by atoms with E-state index in [1.54, 1.807) is 0 Å². The lowest BCUT2D eigenvalue weighted by atomic mass is 9.97. The summed E-state index contributed by atoms with van der Waals surface area (Å²) < 4.78 is 45.6. The second-order valence-corrected chi connectivity index (χ2v) is 13.3. The highest BCUT2D eigenvalue weighted by molar-refractivity contribution is 5.88. The van der Waals surface area contributed by atoms with Crippen molar-refractivity contribution >= 4 is 11.0 Å². The minimum absolute atomic E-state index is 0.0468. The maximum Gasteiger partial charge on any atom is 0.239 e. The number of phenols is 3. The number of rotatable bonds is 9. The quantitative estimate of drug-likeness (QED) is 0.107. The highest BCUT2D eigenvalue weighted by Crippen LogP contribution is 2.40. The second-order valence-electron chi connectivity index (χ2n) is 13.3. The average Bonchev–Trinajstić information content (AvgIpc) is 3.13. The lowest BCUT2D eigenvalue weighted by Gasteiger charge is -2.46. The van der Waals surface area contributed by atoms with E-state index in [2.05, 4.69) is 0 Å². The molecule has 298 valence electrons. The Morgan fingerprint density at radius 3 is 1.96 bits per heavy atom. The predicted octanol–water partition coefficient (Wildman–Crippen LogP) is -2.53. The Bertz CT molecular complexity index is 1850. The summed E-state index contributed by atoms with van der Waals surface area (Å²) in [4.78, 5) is 14.2. The molecule has 3 aliphatic rings. The van der Waals surface area contributed by atoms with Crippen molar-refractivity contribution in [3.8, 4) is 40.1 Å². The number of hydrogen-bond donors (Lipinski definition) is 11. The molecule has 1 aromatic heterocycles. The molecule has 54 heavy (non-hydrogen) atoms. The van der Waals surface area contributed by atoms with Gasteiger partial charge in [-0.3, -0.25) is 4.79 Å². The fraction of sp³-hybridized carbons (Fsp3) is 0.559. The Labute approximate surface area is 305 Å². The van der Waals surface area contributed by atoms with E-state index in [1.165, 1.54) is 39.2 Å². The number of aliphatic hydroxyl groups excluding tert-OH is 8. The van der Waals surface area contributed by atoms with E-state index in [0.717, 1.165) is 12.1 Å². The molecule has 20 nitrogen and oxygen atoms in total. The zero-order valence-corrected chi connectivity index (χ0v) is 28.8. The first-order valence-electron chi connectivity index (χ1n) is 16.8. The summed E-state index contributed by atoms with van der Waals surface area (Å²) in [5.41, 5.74) is -1.31. The molecule has 0 aliphatic carbocycles. The molecule has 0 amide bonds. The Balaban J connectivity index is 1.41. The molecular weight excluding hydrogens is 728 g/mol. The van der Waals surface area contributed by atoms with E-state index in [9.17, 15) is 61.0 Å². The predicted molar refractivity (Wildman–Crippen MR) is 176 cm³/mol. The first-order valence-corrected chi connectivity index (χ1v) is 16.8. The van der Waals surface area contributed by atoms with Gasteiger partial charge in [-0.2, -0.15) is 0 Å². The molecule has 3 aliphatic heterocycles. The molecule has 2 aromatic carbocycles. The molecule has 15 atom stereocenters.